The molecule has 0 heterocycles. The first-order valence-electron chi connectivity index (χ1n) is 8.46. The van der Waals surface area contributed by atoms with Crippen molar-refractivity contribution in [2.24, 2.45) is 0 Å². The zero-order valence-corrected chi connectivity index (χ0v) is 13.9. The Bertz CT molecular complexity index is 641. The van der Waals surface area contributed by atoms with Crippen LogP contribution >= 0.6 is 0 Å². The normalized spacial score (nSPS) is 10.5. The summed E-state index contributed by atoms with van der Waals surface area (Å²) in [6, 6.07) is 15.9. The van der Waals surface area contributed by atoms with Gasteiger partial charge in [0.15, 0.2) is 0 Å². The number of carbonyl (C=O) groups is 1. The standard InChI is InChI=1S/C20H25NO3/c22-19-14-17(13-18(15-19)21-12-11-20(23)24)10-6-2-5-9-16-7-3-1-4-8-16/h1,3-4,7-8,13-15,21-22H,2,5-6,9-12H2,(H,23,24). The number of aromatic hydroxyl groups is 1. The summed E-state index contributed by atoms with van der Waals surface area (Å²) in [5, 5.41) is 21.5. The molecule has 0 bridgehead atoms. The van der Waals surface area contributed by atoms with Gasteiger partial charge in [0, 0.05) is 18.3 Å². The summed E-state index contributed by atoms with van der Waals surface area (Å²) >= 11 is 0. The summed E-state index contributed by atoms with van der Waals surface area (Å²) in [4.78, 5) is 10.5. The van der Waals surface area contributed by atoms with E-state index < -0.39 is 5.97 Å². The molecule has 4 nitrogen and oxygen atoms in total. The van der Waals surface area contributed by atoms with Crippen LogP contribution in [0.3, 0.4) is 0 Å². The van der Waals surface area contributed by atoms with E-state index in [1.165, 1.54) is 5.56 Å². The number of unbranched alkanes of at least 4 members (excludes halogenated alkanes) is 2. The summed E-state index contributed by atoms with van der Waals surface area (Å²) in [5.41, 5.74) is 3.22. The van der Waals surface area contributed by atoms with Crippen molar-refractivity contribution in [3.63, 3.8) is 0 Å². The lowest BCUT2D eigenvalue weighted by molar-refractivity contribution is -0.136. The van der Waals surface area contributed by atoms with E-state index >= 15 is 0 Å². The van der Waals surface area contributed by atoms with Gasteiger partial charge in [0.2, 0.25) is 0 Å². The van der Waals surface area contributed by atoms with Crippen molar-refractivity contribution in [2.45, 2.75) is 38.5 Å². The van der Waals surface area contributed by atoms with E-state index in [1.54, 1.807) is 12.1 Å². The van der Waals surface area contributed by atoms with E-state index in [0.29, 0.717) is 6.54 Å². The molecule has 0 aromatic heterocycles. The number of phenols is 1. The number of aliphatic carboxylic acids is 1. The average molecular weight is 327 g/mol. The predicted octanol–water partition coefficient (Wildman–Crippen LogP) is 4.23. The molecule has 24 heavy (non-hydrogen) atoms. The lowest BCUT2D eigenvalue weighted by Gasteiger charge is -2.09. The highest BCUT2D eigenvalue weighted by Crippen LogP contribution is 2.21. The van der Waals surface area contributed by atoms with Crippen molar-refractivity contribution in [3.05, 3.63) is 59.7 Å². The zero-order valence-electron chi connectivity index (χ0n) is 13.9. The third-order valence-corrected chi connectivity index (χ3v) is 3.92. The number of rotatable bonds is 10. The number of anilines is 1. The van der Waals surface area contributed by atoms with E-state index in [-0.39, 0.29) is 12.2 Å². The van der Waals surface area contributed by atoms with Crippen molar-refractivity contribution in [2.75, 3.05) is 11.9 Å². The molecule has 0 saturated heterocycles. The van der Waals surface area contributed by atoms with Crippen LogP contribution in [0.5, 0.6) is 5.75 Å². The molecule has 4 heteroatoms. The molecule has 2 rings (SSSR count). The Kier molecular flexibility index (Phi) is 7.15. The Labute approximate surface area is 143 Å². The molecule has 128 valence electrons. The highest BCUT2D eigenvalue weighted by atomic mass is 16.4. The maximum atomic E-state index is 10.5. The minimum Gasteiger partial charge on any atom is -0.508 e. The second-order valence-electron chi connectivity index (χ2n) is 6.00. The number of hydrogen-bond donors (Lipinski definition) is 3. The molecule has 0 aliphatic heterocycles. The molecule has 0 amide bonds. The molecule has 2 aromatic carbocycles. The molecular formula is C20H25NO3. The van der Waals surface area contributed by atoms with Gasteiger partial charge in [-0.2, -0.15) is 0 Å². The number of aryl methyl sites for hydroxylation is 2. The number of benzene rings is 2. The Morgan fingerprint density at radius 1 is 0.917 bits per heavy atom. The summed E-state index contributed by atoms with van der Waals surface area (Å²) in [7, 11) is 0. The average Bonchev–Trinajstić information content (AvgIpc) is 2.55. The first kappa shape index (κ1) is 17.9. The molecule has 0 unspecified atom stereocenters. The maximum absolute atomic E-state index is 10.5. The van der Waals surface area contributed by atoms with Crippen LogP contribution in [0.25, 0.3) is 0 Å². The second kappa shape index (κ2) is 9.60. The largest absolute Gasteiger partial charge is 0.508 e. The van der Waals surface area contributed by atoms with Crippen molar-refractivity contribution < 1.29 is 15.0 Å². The van der Waals surface area contributed by atoms with Crippen LogP contribution in [0.1, 0.15) is 36.8 Å². The van der Waals surface area contributed by atoms with Crippen LogP contribution in [0, 0.1) is 0 Å². The van der Waals surface area contributed by atoms with Gasteiger partial charge in [-0.15, -0.1) is 0 Å². The lowest BCUT2D eigenvalue weighted by Crippen LogP contribution is -2.07. The highest BCUT2D eigenvalue weighted by molar-refractivity contribution is 5.67. The van der Waals surface area contributed by atoms with Gasteiger partial charge in [-0.25, -0.2) is 0 Å². The number of hydrogen-bond acceptors (Lipinski definition) is 3. The first-order chi connectivity index (χ1) is 11.6. The molecule has 2 aromatic rings. The van der Waals surface area contributed by atoms with Crippen LogP contribution < -0.4 is 5.32 Å². The molecule has 0 fully saturated rings. The van der Waals surface area contributed by atoms with Crippen molar-refractivity contribution in [3.8, 4) is 5.75 Å². The van der Waals surface area contributed by atoms with Crippen LogP contribution in [0.15, 0.2) is 48.5 Å². The smallest absolute Gasteiger partial charge is 0.305 e. The van der Waals surface area contributed by atoms with E-state index in [9.17, 15) is 9.90 Å². The molecule has 0 aliphatic rings. The lowest BCUT2D eigenvalue weighted by atomic mass is 10.0. The Balaban J connectivity index is 1.73. The SMILES string of the molecule is O=C(O)CCNc1cc(O)cc(CCCCCc2ccccc2)c1. The van der Waals surface area contributed by atoms with Gasteiger partial charge in [-0.1, -0.05) is 36.8 Å². The maximum Gasteiger partial charge on any atom is 0.305 e. The van der Waals surface area contributed by atoms with Gasteiger partial charge in [-0.3, -0.25) is 4.79 Å². The van der Waals surface area contributed by atoms with Gasteiger partial charge in [-0.05, 0) is 48.9 Å². The van der Waals surface area contributed by atoms with Crippen molar-refractivity contribution in [1.82, 2.24) is 0 Å². The fourth-order valence-electron chi connectivity index (χ4n) is 2.71. The third-order valence-electron chi connectivity index (χ3n) is 3.92. The molecule has 0 saturated carbocycles. The number of carboxylic acid groups (broad SMARTS) is 1. The topological polar surface area (TPSA) is 69.6 Å². The van der Waals surface area contributed by atoms with E-state index in [0.717, 1.165) is 43.4 Å². The van der Waals surface area contributed by atoms with Gasteiger partial charge in [0.25, 0.3) is 0 Å². The predicted molar refractivity (Wildman–Crippen MR) is 96.6 cm³/mol. The second-order valence-corrected chi connectivity index (χ2v) is 6.00. The Morgan fingerprint density at radius 3 is 2.33 bits per heavy atom. The molecule has 0 spiro atoms. The zero-order chi connectivity index (χ0) is 17.2. The molecular weight excluding hydrogens is 302 g/mol. The van der Waals surface area contributed by atoms with E-state index in [4.69, 9.17) is 5.11 Å². The number of phenolic OH excluding ortho intramolecular Hbond substituents is 1. The van der Waals surface area contributed by atoms with Crippen LogP contribution in [-0.2, 0) is 17.6 Å². The highest BCUT2D eigenvalue weighted by Gasteiger charge is 2.02. The first-order valence-corrected chi connectivity index (χ1v) is 8.46. The quantitative estimate of drug-likeness (QED) is 0.571. The summed E-state index contributed by atoms with van der Waals surface area (Å²) in [5.74, 6) is -0.615. The molecule has 0 atom stereocenters. The third kappa shape index (κ3) is 6.73. The summed E-state index contributed by atoms with van der Waals surface area (Å²) in [6.45, 7) is 0.356. The van der Waals surface area contributed by atoms with Gasteiger partial charge >= 0.3 is 5.97 Å². The monoisotopic (exact) mass is 327 g/mol. The fraction of sp³-hybridized carbons (Fsp3) is 0.350. The molecule has 0 aliphatic carbocycles. The number of carboxylic acids is 1. The Hall–Kier alpha value is -2.49. The summed E-state index contributed by atoms with van der Waals surface area (Å²) < 4.78 is 0. The van der Waals surface area contributed by atoms with Crippen molar-refractivity contribution in [1.29, 1.82) is 0 Å². The van der Waals surface area contributed by atoms with Gasteiger partial charge in [0.05, 0.1) is 6.42 Å². The van der Waals surface area contributed by atoms with Crippen molar-refractivity contribution >= 4 is 11.7 Å². The minimum absolute atomic E-state index is 0.0600. The van der Waals surface area contributed by atoms with E-state index in [1.807, 2.05) is 12.1 Å². The molecule has 3 N–H and O–H groups in total. The molecule has 0 radical (unpaired) electrons. The summed E-state index contributed by atoms with van der Waals surface area (Å²) in [6.07, 6.45) is 5.45. The van der Waals surface area contributed by atoms with Gasteiger partial charge < -0.3 is 15.5 Å². The van der Waals surface area contributed by atoms with Crippen LogP contribution in [0.2, 0.25) is 0 Å². The van der Waals surface area contributed by atoms with Gasteiger partial charge in [0.1, 0.15) is 5.75 Å². The van der Waals surface area contributed by atoms with E-state index in [2.05, 4.69) is 29.6 Å². The minimum atomic E-state index is -0.832. The number of nitrogens with one attached hydrogen (secondary N) is 1. The van der Waals surface area contributed by atoms with Crippen LogP contribution in [-0.4, -0.2) is 22.7 Å². The van der Waals surface area contributed by atoms with Crippen LogP contribution in [0.4, 0.5) is 5.69 Å². The fourth-order valence-corrected chi connectivity index (χ4v) is 2.71. The Morgan fingerprint density at radius 2 is 1.62 bits per heavy atom.